The molecule has 0 fully saturated rings. The van der Waals surface area contributed by atoms with E-state index < -0.39 is 5.60 Å². The molecule has 0 aliphatic rings. The second-order valence-electron chi connectivity index (χ2n) is 3.25. The van der Waals surface area contributed by atoms with Gasteiger partial charge in [-0.05, 0) is 25.5 Å². The lowest BCUT2D eigenvalue weighted by Crippen LogP contribution is -2.19. The van der Waals surface area contributed by atoms with Gasteiger partial charge in [0.05, 0.1) is 5.60 Å². The fourth-order valence-corrected chi connectivity index (χ4v) is 1.99. The van der Waals surface area contributed by atoms with Crippen LogP contribution < -0.4 is 0 Å². The molecule has 3 heteroatoms. The molecule has 1 rings (SSSR count). The monoisotopic (exact) mass is 262 g/mol. The van der Waals surface area contributed by atoms with E-state index in [1.165, 1.54) is 0 Å². The van der Waals surface area contributed by atoms with Gasteiger partial charge in [-0.25, -0.2) is 0 Å². The summed E-state index contributed by atoms with van der Waals surface area (Å²) in [6, 6.07) is 5.52. The number of halogens is 2. The molecule has 1 N–H and O–H groups in total. The quantitative estimate of drug-likeness (QED) is 0.862. The second kappa shape index (κ2) is 3.99. The molecular formula is C10H12BrClO. The largest absolute Gasteiger partial charge is 0.385 e. The molecule has 1 aromatic carbocycles. The Balaban J connectivity index is 3.16. The first kappa shape index (κ1) is 11.0. The van der Waals surface area contributed by atoms with Gasteiger partial charge in [-0.2, -0.15) is 0 Å². The number of rotatable bonds is 2. The van der Waals surface area contributed by atoms with Gasteiger partial charge in [-0.15, -0.1) is 0 Å². The van der Waals surface area contributed by atoms with Crippen LogP contribution in [0.15, 0.2) is 22.7 Å². The number of benzene rings is 1. The molecule has 0 spiro atoms. The van der Waals surface area contributed by atoms with Gasteiger partial charge in [0.2, 0.25) is 0 Å². The minimum Gasteiger partial charge on any atom is -0.385 e. The molecule has 0 aliphatic heterocycles. The molecule has 0 amide bonds. The lowest BCUT2D eigenvalue weighted by molar-refractivity contribution is 0.0532. The van der Waals surface area contributed by atoms with E-state index in [2.05, 4.69) is 15.9 Å². The predicted molar refractivity (Wildman–Crippen MR) is 59.0 cm³/mol. The maximum atomic E-state index is 9.97. The van der Waals surface area contributed by atoms with E-state index in [4.69, 9.17) is 11.6 Å². The Hall–Kier alpha value is -0.0500. The number of hydrogen-bond donors (Lipinski definition) is 1. The Morgan fingerprint density at radius 1 is 1.54 bits per heavy atom. The molecule has 0 aromatic heterocycles. The Labute approximate surface area is 91.9 Å². The smallest absolute Gasteiger partial charge is 0.0880 e. The van der Waals surface area contributed by atoms with Crippen molar-refractivity contribution in [3.8, 4) is 0 Å². The molecule has 0 saturated carbocycles. The van der Waals surface area contributed by atoms with Crippen molar-refractivity contribution in [3.63, 3.8) is 0 Å². The average Bonchev–Trinajstić information content (AvgIpc) is 2.03. The lowest BCUT2D eigenvalue weighted by Gasteiger charge is -2.23. The molecule has 0 heterocycles. The van der Waals surface area contributed by atoms with Crippen LogP contribution >= 0.6 is 27.5 Å². The van der Waals surface area contributed by atoms with Crippen molar-refractivity contribution >= 4 is 27.5 Å². The summed E-state index contributed by atoms with van der Waals surface area (Å²) in [6.45, 7) is 3.69. The van der Waals surface area contributed by atoms with E-state index in [9.17, 15) is 5.11 Å². The second-order valence-corrected chi connectivity index (χ2v) is 4.57. The van der Waals surface area contributed by atoms with Crippen molar-refractivity contribution in [2.45, 2.75) is 25.9 Å². The molecule has 0 saturated heterocycles. The number of aliphatic hydroxyl groups is 1. The highest BCUT2D eigenvalue weighted by atomic mass is 79.9. The molecule has 1 unspecified atom stereocenters. The summed E-state index contributed by atoms with van der Waals surface area (Å²) in [5.74, 6) is 0. The topological polar surface area (TPSA) is 20.2 Å². The van der Waals surface area contributed by atoms with E-state index in [0.29, 0.717) is 11.4 Å². The van der Waals surface area contributed by atoms with Crippen LogP contribution in [-0.2, 0) is 5.60 Å². The average molecular weight is 264 g/mol. The predicted octanol–water partition coefficient (Wildman–Crippen LogP) is 3.72. The van der Waals surface area contributed by atoms with Crippen LogP contribution in [0, 0.1) is 0 Å². The first-order valence-electron chi connectivity index (χ1n) is 4.15. The molecule has 13 heavy (non-hydrogen) atoms. The first-order valence-corrected chi connectivity index (χ1v) is 5.32. The first-order chi connectivity index (χ1) is 5.97. The maximum Gasteiger partial charge on any atom is 0.0880 e. The highest BCUT2D eigenvalue weighted by molar-refractivity contribution is 9.10. The Bertz CT molecular complexity index is 310. The summed E-state index contributed by atoms with van der Waals surface area (Å²) in [5.41, 5.74) is -0.0579. The highest BCUT2D eigenvalue weighted by Crippen LogP contribution is 2.32. The lowest BCUT2D eigenvalue weighted by atomic mass is 9.93. The van der Waals surface area contributed by atoms with Crippen LogP contribution in [-0.4, -0.2) is 5.11 Å². The van der Waals surface area contributed by atoms with Gasteiger partial charge >= 0.3 is 0 Å². The summed E-state index contributed by atoms with van der Waals surface area (Å²) in [4.78, 5) is 0. The Kier molecular flexibility index (Phi) is 3.38. The van der Waals surface area contributed by atoms with Crippen LogP contribution in [0.3, 0.4) is 0 Å². The minimum atomic E-state index is -0.836. The summed E-state index contributed by atoms with van der Waals surface area (Å²) < 4.78 is 0.924. The van der Waals surface area contributed by atoms with Gasteiger partial charge in [-0.3, -0.25) is 0 Å². The SMILES string of the molecule is CCC(C)(O)c1ccc(Br)cc1Cl. The van der Waals surface area contributed by atoms with E-state index in [1.807, 2.05) is 19.1 Å². The number of hydrogen-bond acceptors (Lipinski definition) is 1. The molecular weight excluding hydrogens is 251 g/mol. The van der Waals surface area contributed by atoms with Crippen LogP contribution in [0.5, 0.6) is 0 Å². The zero-order valence-electron chi connectivity index (χ0n) is 7.64. The van der Waals surface area contributed by atoms with Crippen LogP contribution in [0.1, 0.15) is 25.8 Å². The minimum absolute atomic E-state index is 0.598. The molecule has 0 aliphatic carbocycles. The van der Waals surface area contributed by atoms with Gasteiger partial charge in [0.1, 0.15) is 0 Å². The van der Waals surface area contributed by atoms with Crippen LogP contribution in [0.2, 0.25) is 5.02 Å². The van der Waals surface area contributed by atoms with Gasteiger partial charge in [0.15, 0.2) is 0 Å². The summed E-state index contributed by atoms with van der Waals surface area (Å²) in [7, 11) is 0. The van der Waals surface area contributed by atoms with E-state index >= 15 is 0 Å². The standard InChI is InChI=1S/C10H12BrClO/c1-3-10(2,13)8-5-4-7(11)6-9(8)12/h4-6,13H,3H2,1-2H3. The molecule has 0 bridgehead atoms. The zero-order chi connectivity index (χ0) is 10.1. The van der Waals surface area contributed by atoms with Crippen molar-refractivity contribution in [2.24, 2.45) is 0 Å². The zero-order valence-corrected chi connectivity index (χ0v) is 9.98. The Morgan fingerprint density at radius 3 is 2.62 bits per heavy atom. The summed E-state index contributed by atoms with van der Waals surface area (Å²) >= 11 is 9.32. The van der Waals surface area contributed by atoms with Crippen molar-refractivity contribution in [3.05, 3.63) is 33.3 Å². The normalized spacial score (nSPS) is 15.5. The van der Waals surface area contributed by atoms with Gasteiger partial charge in [0.25, 0.3) is 0 Å². The van der Waals surface area contributed by atoms with Gasteiger partial charge in [-0.1, -0.05) is 40.5 Å². The Morgan fingerprint density at radius 2 is 2.15 bits per heavy atom. The van der Waals surface area contributed by atoms with E-state index in [-0.39, 0.29) is 0 Å². The molecule has 1 nitrogen and oxygen atoms in total. The summed E-state index contributed by atoms with van der Waals surface area (Å²) in [6.07, 6.45) is 0.647. The van der Waals surface area contributed by atoms with Crippen LogP contribution in [0.4, 0.5) is 0 Å². The third kappa shape index (κ3) is 2.46. The fraction of sp³-hybridized carbons (Fsp3) is 0.400. The van der Waals surface area contributed by atoms with E-state index in [1.54, 1.807) is 13.0 Å². The molecule has 72 valence electrons. The van der Waals surface area contributed by atoms with Gasteiger partial charge < -0.3 is 5.11 Å². The maximum absolute atomic E-state index is 9.97. The van der Waals surface area contributed by atoms with Crippen molar-refractivity contribution in [1.29, 1.82) is 0 Å². The van der Waals surface area contributed by atoms with Crippen molar-refractivity contribution < 1.29 is 5.11 Å². The third-order valence-electron chi connectivity index (χ3n) is 2.20. The third-order valence-corrected chi connectivity index (χ3v) is 3.01. The highest BCUT2D eigenvalue weighted by Gasteiger charge is 2.22. The molecule has 0 radical (unpaired) electrons. The van der Waals surface area contributed by atoms with Crippen molar-refractivity contribution in [1.82, 2.24) is 0 Å². The molecule has 1 aromatic rings. The van der Waals surface area contributed by atoms with Crippen molar-refractivity contribution in [2.75, 3.05) is 0 Å². The summed E-state index contributed by atoms with van der Waals surface area (Å²) in [5, 5.41) is 10.6. The van der Waals surface area contributed by atoms with Crippen LogP contribution in [0.25, 0.3) is 0 Å². The van der Waals surface area contributed by atoms with E-state index in [0.717, 1.165) is 10.0 Å². The fourth-order valence-electron chi connectivity index (χ4n) is 1.12. The van der Waals surface area contributed by atoms with Gasteiger partial charge in [0, 0.05) is 15.1 Å². The molecule has 1 atom stereocenters.